The van der Waals surface area contributed by atoms with E-state index in [2.05, 4.69) is 243 Å². The molecule has 0 N–H and O–H groups in total. The highest BCUT2D eigenvalue weighted by molar-refractivity contribution is 7.26. The Labute approximate surface area is 372 Å². The Kier molecular flexibility index (Phi) is 8.77. The Hall–Kier alpha value is -7.52. The number of nitrogens with zero attached hydrogens (tertiary/aromatic N) is 1. The summed E-state index contributed by atoms with van der Waals surface area (Å²) < 4.78 is 2.66. The largest absolute Gasteiger partial charge is 0.310 e. The third kappa shape index (κ3) is 6.29. The van der Waals surface area contributed by atoms with Crippen LogP contribution >= 0.6 is 11.3 Å². The van der Waals surface area contributed by atoms with Gasteiger partial charge < -0.3 is 4.90 Å². The molecule has 0 aliphatic heterocycles. The molecule has 10 aromatic carbocycles. The molecule has 2 heteroatoms. The molecular formula is C61H43NS. The van der Waals surface area contributed by atoms with E-state index in [0.717, 1.165) is 17.1 Å². The van der Waals surface area contributed by atoms with Crippen LogP contribution in [0.15, 0.2) is 224 Å². The second-order valence-electron chi connectivity index (χ2n) is 17.3. The van der Waals surface area contributed by atoms with Crippen molar-refractivity contribution in [3.8, 4) is 55.6 Å². The summed E-state index contributed by atoms with van der Waals surface area (Å²) in [6.07, 6.45) is 0. The van der Waals surface area contributed by atoms with E-state index in [1.54, 1.807) is 0 Å². The highest BCUT2D eigenvalue weighted by Gasteiger charge is 2.35. The Balaban J connectivity index is 0.926. The summed E-state index contributed by atoms with van der Waals surface area (Å²) >= 11 is 1.88. The summed E-state index contributed by atoms with van der Waals surface area (Å²) in [5, 5.41) is 5.14. The molecule has 0 bridgehead atoms. The predicted octanol–water partition coefficient (Wildman–Crippen LogP) is 17.7. The number of thiophene rings is 1. The van der Waals surface area contributed by atoms with Crippen LogP contribution in [-0.2, 0) is 5.41 Å². The Morgan fingerprint density at radius 1 is 0.333 bits per heavy atom. The van der Waals surface area contributed by atoms with Crippen molar-refractivity contribution in [1.29, 1.82) is 0 Å². The smallest absolute Gasteiger partial charge is 0.0467 e. The first kappa shape index (κ1) is 37.3. The zero-order valence-electron chi connectivity index (χ0n) is 35.2. The lowest BCUT2D eigenvalue weighted by Gasteiger charge is -2.27. The number of hydrogen-bond donors (Lipinski definition) is 0. The van der Waals surface area contributed by atoms with Gasteiger partial charge in [-0.25, -0.2) is 0 Å². The van der Waals surface area contributed by atoms with Crippen molar-refractivity contribution >= 4 is 59.3 Å². The molecule has 0 unspecified atom stereocenters. The maximum Gasteiger partial charge on any atom is 0.0467 e. The molecule has 1 aliphatic carbocycles. The van der Waals surface area contributed by atoms with E-state index in [-0.39, 0.29) is 5.41 Å². The van der Waals surface area contributed by atoms with E-state index in [0.29, 0.717) is 0 Å². The van der Waals surface area contributed by atoms with Crippen LogP contribution in [0.4, 0.5) is 17.1 Å². The van der Waals surface area contributed by atoms with Crippen molar-refractivity contribution in [3.63, 3.8) is 0 Å². The maximum absolute atomic E-state index is 2.41. The molecule has 298 valence electrons. The normalized spacial score (nSPS) is 12.7. The zero-order chi connectivity index (χ0) is 42.1. The molecule has 0 amide bonds. The first-order valence-electron chi connectivity index (χ1n) is 21.8. The Bertz CT molecular complexity index is 3530. The van der Waals surface area contributed by atoms with Crippen molar-refractivity contribution in [3.05, 3.63) is 236 Å². The van der Waals surface area contributed by atoms with E-state index in [1.165, 1.54) is 97.7 Å². The van der Waals surface area contributed by atoms with Crippen LogP contribution in [0.3, 0.4) is 0 Å². The van der Waals surface area contributed by atoms with Crippen molar-refractivity contribution in [1.82, 2.24) is 0 Å². The first-order chi connectivity index (χ1) is 31.0. The minimum atomic E-state index is -0.0471. The highest BCUT2D eigenvalue weighted by atomic mass is 32.1. The zero-order valence-corrected chi connectivity index (χ0v) is 36.0. The number of rotatable bonds is 7. The quantitative estimate of drug-likeness (QED) is 0.155. The molecule has 0 saturated carbocycles. The van der Waals surface area contributed by atoms with Crippen LogP contribution in [0.5, 0.6) is 0 Å². The molecule has 12 rings (SSSR count). The average molecular weight is 822 g/mol. The van der Waals surface area contributed by atoms with Gasteiger partial charge in [0.1, 0.15) is 0 Å². The minimum absolute atomic E-state index is 0.0471. The molecule has 1 aliphatic rings. The van der Waals surface area contributed by atoms with Crippen LogP contribution in [-0.4, -0.2) is 0 Å². The van der Waals surface area contributed by atoms with Crippen molar-refractivity contribution in [2.45, 2.75) is 19.3 Å². The monoisotopic (exact) mass is 821 g/mol. The molecule has 0 saturated heterocycles. The molecule has 0 atom stereocenters. The number of fused-ring (bicyclic) bond motifs is 7. The average Bonchev–Trinajstić information content (AvgIpc) is 3.84. The molecule has 1 nitrogen and oxygen atoms in total. The third-order valence-corrected chi connectivity index (χ3v) is 14.5. The molecule has 0 spiro atoms. The van der Waals surface area contributed by atoms with Gasteiger partial charge in [-0.05, 0) is 132 Å². The summed E-state index contributed by atoms with van der Waals surface area (Å²) in [7, 11) is 0. The fraction of sp³-hybridized carbons (Fsp3) is 0.0492. The summed E-state index contributed by atoms with van der Waals surface area (Å²) in [6, 6.07) is 82.8. The van der Waals surface area contributed by atoms with Gasteiger partial charge in [0.15, 0.2) is 0 Å². The summed E-state index contributed by atoms with van der Waals surface area (Å²) in [4.78, 5) is 2.39. The summed E-state index contributed by atoms with van der Waals surface area (Å²) in [6.45, 7) is 4.70. The Morgan fingerprint density at radius 3 is 1.68 bits per heavy atom. The summed E-state index contributed by atoms with van der Waals surface area (Å²) in [5.41, 5.74) is 18.5. The highest BCUT2D eigenvalue weighted by Crippen LogP contribution is 2.50. The topological polar surface area (TPSA) is 3.24 Å². The standard InChI is InChI=1S/C61H43NS/c1-61(2)57-25-7-5-20-53(57)54-36-31-44(39-58(54)61)41-29-34-48(35-30-41)62(49-18-10-17-46(38-49)51-22-11-14-42-13-3-4-19-50(42)51)47-32-27-40(28-33-47)43-15-9-16-45(37-43)52-23-12-24-56-55-21-6-8-26-59(55)63-60(52)56/h3-39H,1-2H3. The third-order valence-electron chi connectivity index (χ3n) is 13.3. The van der Waals surface area contributed by atoms with Crippen molar-refractivity contribution < 1.29 is 0 Å². The van der Waals surface area contributed by atoms with Crippen LogP contribution < -0.4 is 4.90 Å². The summed E-state index contributed by atoms with van der Waals surface area (Å²) in [5.74, 6) is 0. The van der Waals surface area contributed by atoms with Gasteiger partial charge in [-0.1, -0.05) is 184 Å². The molecule has 63 heavy (non-hydrogen) atoms. The van der Waals surface area contributed by atoms with Gasteiger partial charge in [0.05, 0.1) is 0 Å². The second kappa shape index (κ2) is 14.8. The van der Waals surface area contributed by atoms with Crippen LogP contribution in [0.25, 0.3) is 86.6 Å². The fourth-order valence-electron chi connectivity index (χ4n) is 10.1. The number of benzene rings is 10. The van der Waals surface area contributed by atoms with E-state index in [4.69, 9.17) is 0 Å². The molecule has 0 radical (unpaired) electrons. The van der Waals surface area contributed by atoms with Gasteiger partial charge in [-0.3, -0.25) is 0 Å². The van der Waals surface area contributed by atoms with Gasteiger partial charge in [0.2, 0.25) is 0 Å². The van der Waals surface area contributed by atoms with Crippen LogP contribution in [0.2, 0.25) is 0 Å². The van der Waals surface area contributed by atoms with E-state index in [1.807, 2.05) is 11.3 Å². The van der Waals surface area contributed by atoms with Crippen LogP contribution in [0, 0.1) is 0 Å². The van der Waals surface area contributed by atoms with Gasteiger partial charge in [0, 0.05) is 42.6 Å². The van der Waals surface area contributed by atoms with Gasteiger partial charge >= 0.3 is 0 Å². The van der Waals surface area contributed by atoms with E-state index in [9.17, 15) is 0 Å². The van der Waals surface area contributed by atoms with Gasteiger partial charge in [-0.2, -0.15) is 0 Å². The lowest BCUT2D eigenvalue weighted by molar-refractivity contribution is 0.660. The molecule has 1 aromatic heterocycles. The molecule has 11 aromatic rings. The van der Waals surface area contributed by atoms with Crippen molar-refractivity contribution in [2.75, 3.05) is 4.90 Å². The fourth-order valence-corrected chi connectivity index (χ4v) is 11.3. The van der Waals surface area contributed by atoms with Crippen molar-refractivity contribution in [2.24, 2.45) is 0 Å². The molecule has 1 heterocycles. The lowest BCUT2D eigenvalue weighted by atomic mass is 9.81. The molecular weight excluding hydrogens is 779 g/mol. The number of hydrogen-bond acceptors (Lipinski definition) is 2. The number of anilines is 3. The van der Waals surface area contributed by atoms with E-state index < -0.39 is 0 Å². The van der Waals surface area contributed by atoms with Crippen LogP contribution in [0.1, 0.15) is 25.0 Å². The van der Waals surface area contributed by atoms with Gasteiger partial charge in [0.25, 0.3) is 0 Å². The second-order valence-corrected chi connectivity index (χ2v) is 18.4. The van der Waals surface area contributed by atoms with E-state index >= 15 is 0 Å². The minimum Gasteiger partial charge on any atom is -0.310 e. The SMILES string of the molecule is CC1(C)c2ccccc2-c2ccc(-c3ccc(N(c4ccc(-c5cccc(-c6cccc7c6sc6ccccc67)c5)cc4)c4cccc(-c5cccc6ccccc56)c4)cc3)cc21. The lowest BCUT2D eigenvalue weighted by Crippen LogP contribution is -2.14. The Morgan fingerprint density at radius 2 is 0.873 bits per heavy atom. The predicted molar refractivity (Wildman–Crippen MR) is 271 cm³/mol. The molecule has 0 fully saturated rings. The van der Waals surface area contributed by atoms with Gasteiger partial charge in [-0.15, -0.1) is 11.3 Å². The maximum atomic E-state index is 2.41. The first-order valence-corrected chi connectivity index (χ1v) is 22.6.